The van der Waals surface area contributed by atoms with Crippen molar-refractivity contribution in [3.63, 3.8) is 0 Å². The molecule has 0 aliphatic rings. The smallest absolute Gasteiger partial charge is 0.244 e. The second-order valence-electron chi connectivity index (χ2n) is 7.23. The number of hydrogen-bond donors (Lipinski definition) is 1. The molecule has 3 rings (SSSR count). The number of rotatable bonds is 7. The van der Waals surface area contributed by atoms with Crippen molar-refractivity contribution in [3.8, 4) is 0 Å². The first-order valence-electron chi connectivity index (χ1n) is 9.95. The van der Waals surface area contributed by atoms with Gasteiger partial charge in [0.1, 0.15) is 5.82 Å². The minimum Gasteiger partial charge on any atom is -0.325 e. The van der Waals surface area contributed by atoms with E-state index < -0.39 is 6.04 Å². The fourth-order valence-electron chi connectivity index (χ4n) is 3.40. The first-order chi connectivity index (χ1) is 14.4. The molecule has 30 heavy (non-hydrogen) atoms. The van der Waals surface area contributed by atoms with Crippen LogP contribution in [-0.2, 0) is 9.59 Å². The average Bonchev–Trinajstić information content (AvgIpc) is 2.75. The average molecular weight is 407 g/mol. The lowest BCUT2D eigenvalue weighted by Gasteiger charge is -2.30. The normalized spacial score (nSPS) is 12.0. The number of hydrogen-bond acceptors (Lipinski definition) is 3. The Kier molecular flexibility index (Phi) is 6.79. The van der Waals surface area contributed by atoms with E-state index in [0.717, 1.165) is 16.5 Å². The lowest BCUT2D eigenvalue weighted by molar-refractivity contribution is -0.124. The van der Waals surface area contributed by atoms with Gasteiger partial charge in [-0.1, -0.05) is 36.4 Å². The van der Waals surface area contributed by atoms with Gasteiger partial charge in [0.2, 0.25) is 11.8 Å². The number of anilines is 2. The van der Waals surface area contributed by atoms with Crippen molar-refractivity contribution in [3.05, 3.63) is 72.5 Å². The Hall–Kier alpha value is -3.25. The summed E-state index contributed by atoms with van der Waals surface area (Å²) in [5, 5.41) is 4.80. The van der Waals surface area contributed by atoms with Crippen molar-refractivity contribution in [2.75, 3.05) is 30.4 Å². The maximum absolute atomic E-state index is 13.2. The molecule has 0 spiro atoms. The number of nitrogens with zero attached hydrogens (tertiary/aromatic N) is 2. The summed E-state index contributed by atoms with van der Waals surface area (Å²) in [7, 11) is 1.74. The van der Waals surface area contributed by atoms with Gasteiger partial charge in [-0.3, -0.25) is 14.5 Å². The Labute approximate surface area is 176 Å². The molecule has 0 heterocycles. The second kappa shape index (κ2) is 9.50. The summed E-state index contributed by atoms with van der Waals surface area (Å²) >= 11 is 0. The van der Waals surface area contributed by atoms with Gasteiger partial charge in [0.25, 0.3) is 0 Å². The zero-order chi connectivity index (χ0) is 21.7. The highest BCUT2D eigenvalue weighted by atomic mass is 19.1. The number of carbonyl (C=O) groups excluding carboxylic acids is 2. The number of amides is 2. The number of likely N-dealkylation sites (N-methyl/N-ethyl adjacent to an activating group) is 2. The lowest BCUT2D eigenvalue weighted by atomic mass is 10.1. The summed E-state index contributed by atoms with van der Waals surface area (Å²) < 4.78 is 13.0. The van der Waals surface area contributed by atoms with Gasteiger partial charge in [0.15, 0.2) is 0 Å². The third-order valence-corrected chi connectivity index (χ3v) is 5.18. The molecule has 156 valence electrons. The number of halogens is 1. The summed E-state index contributed by atoms with van der Waals surface area (Å²) in [4.78, 5) is 29.1. The van der Waals surface area contributed by atoms with Crippen LogP contribution in [0.4, 0.5) is 15.8 Å². The molecule has 3 aromatic rings. The molecular formula is C24H26FN3O2. The predicted molar refractivity (Wildman–Crippen MR) is 119 cm³/mol. The molecule has 0 radical (unpaired) electrons. The topological polar surface area (TPSA) is 52.7 Å². The molecule has 0 aliphatic carbocycles. The van der Waals surface area contributed by atoms with Crippen LogP contribution in [0.25, 0.3) is 10.8 Å². The molecule has 0 bridgehead atoms. The van der Waals surface area contributed by atoms with Crippen LogP contribution in [0.1, 0.15) is 13.8 Å². The van der Waals surface area contributed by atoms with Crippen molar-refractivity contribution in [1.82, 2.24) is 4.90 Å². The van der Waals surface area contributed by atoms with E-state index in [-0.39, 0.29) is 24.2 Å². The van der Waals surface area contributed by atoms with Crippen molar-refractivity contribution in [1.29, 1.82) is 0 Å². The van der Waals surface area contributed by atoms with E-state index in [0.29, 0.717) is 12.2 Å². The van der Waals surface area contributed by atoms with Crippen LogP contribution in [0.15, 0.2) is 66.7 Å². The van der Waals surface area contributed by atoms with Gasteiger partial charge >= 0.3 is 0 Å². The van der Waals surface area contributed by atoms with Gasteiger partial charge in [-0.2, -0.15) is 0 Å². The Morgan fingerprint density at radius 2 is 1.67 bits per heavy atom. The summed E-state index contributed by atoms with van der Waals surface area (Å²) in [6.45, 7) is 4.29. The molecular weight excluding hydrogens is 381 g/mol. The largest absolute Gasteiger partial charge is 0.325 e. The minimum atomic E-state index is -0.497. The molecule has 0 fully saturated rings. The maximum Gasteiger partial charge on any atom is 0.244 e. The highest BCUT2D eigenvalue weighted by Crippen LogP contribution is 2.27. The van der Waals surface area contributed by atoms with Crippen molar-refractivity contribution >= 4 is 34.0 Å². The maximum atomic E-state index is 13.2. The Morgan fingerprint density at radius 1 is 1.00 bits per heavy atom. The summed E-state index contributed by atoms with van der Waals surface area (Å²) in [6.07, 6.45) is 0. The van der Waals surface area contributed by atoms with E-state index in [1.165, 1.54) is 24.3 Å². The first kappa shape index (κ1) is 21.5. The van der Waals surface area contributed by atoms with Gasteiger partial charge < -0.3 is 10.2 Å². The third kappa shape index (κ3) is 4.83. The number of benzene rings is 3. The minimum absolute atomic E-state index is 0.0391. The lowest BCUT2D eigenvalue weighted by Crippen LogP contribution is -2.48. The molecule has 2 amide bonds. The van der Waals surface area contributed by atoms with Gasteiger partial charge in [-0.05, 0) is 56.6 Å². The van der Waals surface area contributed by atoms with E-state index in [2.05, 4.69) is 5.32 Å². The van der Waals surface area contributed by atoms with Crippen LogP contribution in [0.5, 0.6) is 0 Å². The van der Waals surface area contributed by atoms with Crippen LogP contribution >= 0.6 is 0 Å². The zero-order valence-corrected chi connectivity index (χ0v) is 17.4. The van der Waals surface area contributed by atoms with Crippen LogP contribution < -0.4 is 10.2 Å². The van der Waals surface area contributed by atoms with E-state index in [4.69, 9.17) is 0 Å². The number of carbonyl (C=O) groups is 2. The van der Waals surface area contributed by atoms with E-state index >= 15 is 0 Å². The van der Waals surface area contributed by atoms with Crippen LogP contribution in [0.2, 0.25) is 0 Å². The quantitative estimate of drug-likeness (QED) is 0.636. The van der Waals surface area contributed by atoms with Crippen LogP contribution in [0, 0.1) is 5.82 Å². The second-order valence-corrected chi connectivity index (χ2v) is 7.23. The predicted octanol–water partition coefficient (Wildman–Crippen LogP) is 4.29. The molecule has 1 atom stereocenters. The SMILES string of the molecule is CCN(C(=O)[C@H](C)N(C)CC(=O)Nc1ccc(F)cc1)c1cccc2ccccc12. The molecule has 0 aliphatic heterocycles. The first-order valence-corrected chi connectivity index (χ1v) is 9.95. The zero-order valence-electron chi connectivity index (χ0n) is 17.4. The van der Waals surface area contributed by atoms with Gasteiger partial charge in [-0.25, -0.2) is 4.39 Å². The summed E-state index contributed by atoms with van der Waals surface area (Å²) in [5.74, 6) is -0.708. The third-order valence-electron chi connectivity index (χ3n) is 5.18. The fraction of sp³-hybridized carbons (Fsp3) is 0.250. The molecule has 6 heteroatoms. The van der Waals surface area contributed by atoms with Gasteiger partial charge in [0.05, 0.1) is 18.3 Å². The molecule has 3 aromatic carbocycles. The van der Waals surface area contributed by atoms with Crippen molar-refractivity contribution in [2.45, 2.75) is 19.9 Å². The van der Waals surface area contributed by atoms with Crippen molar-refractivity contribution in [2.24, 2.45) is 0 Å². The van der Waals surface area contributed by atoms with Gasteiger partial charge in [-0.15, -0.1) is 0 Å². The monoisotopic (exact) mass is 407 g/mol. The molecule has 0 unspecified atom stereocenters. The van der Waals surface area contributed by atoms with Crippen LogP contribution in [0.3, 0.4) is 0 Å². The molecule has 0 saturated carbocycles. The molecule has 5 nitrogen and oxygen atoms in total. The molecule has 1 N–H and O–H groups in total. The number of nitrogens with one attached hydrogen (secondary N) is 1. The van der Waals surface area contributed by atoms with Crippen LogP contribution in [-0.4, -0.2) is 42.9 Å². The number of fused-ring (bicyclic) bond motifs is 1. The van der Waals surface area contributed by atoms with E-state index in [1.54, 1.807) is 23.8 Å². The standard InChI is InChI=1S/C24H26FN3O2/c1-4-28(22-11-7-9-18-8-5-6-10-21(18)22)24(30)17(2)27(3)16-23(29)26-20-14-12-19(25)13-15-20/h5-15,17H,4,16H2,1-3H3,(H,26,29)/t17-/m0/s1. The fourth-order valence-corrected chi connectivity index (χ4v) is 3.40. The molecule has 0 saturated heterocycles. The highest BCUT2D eigenvalue weighted by Gasteiger charge is 2.26. The Morgan fingerprint density at radius 3 is 2.37 bits per heavy atom. The Balaban J connectivity index is 1.70. The van der Waals surface area contributed by atoms with Gasteiger partial charge in [0, 0.05) is 17.6 Å². The molecule has 0 aromatic heterocycles. The Bertz CT molecular complexity index is 1030. The van der Waals surface area contributed by atoms with Crippen molar-refractivity contribution < 1.29 is 14.0 Å². The van der Waals surface area contributed by atoms with E-state index in [1.807, 2.05) is 49.4 Å². The summed E-state index contributed by atoms with van der Waals surface area (Å²) in [6, 6.07) is 18.9. The summed E-state index contributed by atoms with van der Waals surface area (Å²) in [5.41, 5.74) is 1.37. The van der Waals surface area contributed by atoms with E-state index in [9.17, 15) is 14.0 Å². The highest BCUT2D eigenvalue weighted by molar-refractivity contribution is 6.05.